The van der Waals surface area contributed by atoms with Gasteiger partial charge in [0.15, 0.2) is 6.07 Å². The first-order valence-corrected chi connectivity index (χ1v) is 4.25. The molecule has 0 aliphatic rings. The summed E-state index contributed by atoms with van der Waals surface area (Å²) in [4.78, 5) is 10.8. The topological polar surface area (TPSA) is 76.1 Å². The van der Waals surface area contributed by atoms with E-state index in [1.165, 1.54) is 18.2 Å². The van der Waals surface area contributed by atoms with Gasteiger partial charge >= 0.3 is 0 Å². The Balaban J connectivity index is 3.13. The van der Waals surface area contributed by atoms with E-state index in [9.17, 15) is 4.79 Å². The van der Waals surface area contributed by atoms with Crippen LogP contribution in [0.4, 0.5) is 0 Å². The average Bonchev–Trinajstić information content (AvgIpc) is 2.18. The van der Waals surface area contributed by atoms with E-state index in [-0.39, 0.29) is 17.2 Å². The standard InChI is InChI=1S/C9H7ClN2O2/c10-5-14-8-2-1-6(9(12)13)3-7(8)4-11/h1-3H,5H2,(H2,12,13). The van der Waals surface area contributed by atoms with Crippen molar-refractivity contribution in [2.24, 2.45) is 5.73 Å². The first kappa shape index (κ1) is 10.4. The van der Waals surface area contributed by atoms with Crippen LogP contribution in [0.25, 0.3) is 0 Å². The van der Waals surface area contributed by atoms with Gasteiger partial charge in [-0.05, 0) is 18.2 Å². The second-order valence-corrected chi connectivity index (χ2v) is 2.66. The maximum absolute atomic E-state index is 10.8. The van der Waals surface area contributed by atoms with Gasteiger partial charge < -0.3 is 10.5 Å². The van der Waals surface area contributed by atoms with Gasteiger partial charge in [-0.3, -0.25) is 4.79 Å². The number of carbonyl (C=O) groups excluding carboxylic acids is 1. The number of benzene rings is 1. The van der Waals surface area contributed by atoms with Gasteiger partial charge in [-0.2, -0.15) is 5.26 Å². The van der Waals surface area contributed by atoms with Crippen molar-refractivity contribution in [1.82, 2.24) is 0 Å². The lowest BCUT2D eigenvalue weighted by atomic mass is 10.1. The monoisotopic (exact) mass is 210 g/mol. The van der Waals surface area contributed by atoms with Crippen molar-refractivity contribution in [3.8, 4) is 11.8 Å². The number of hydrogen-bond donors (Lipinski definition) is 1. The van der Waals surface area contributed by atoms with Gasteiger partial charge in [-0.1, -0.05) is 11.6 Å². The highest BCUT2D eigenvalue weighted by atomic mass is 35.5. The predicted molar refractivity (Wildman–Crippen MR) is 51.0 cm³/mol. The minimum absolute atomic E-state index is 0.0510. The SMILES string of the molecule is N#Cc1cc(C(N)=O)ccc1OCCl. The fourth-order valence-corrected chi connectivity index (χ4v) is 1.07. The van der Waals surface area contributed by atoms with Crippen LogP contribution >= 0.6 is 11.6 Å². The molecule has 0 aliphatic carbocycles. The number of nitrogens with zero attached hydrogens (tertiary/aromatic N) is 1. The molecule has 4 nitrogen and oxygen atoms in total. The van der Waals surface area contributed by atoms with Crippen molar-refractivity contribution in [2.75, 3.05) is 6.07 Å². The Morgan fingerprint density at radius 3 is 2.86 bits per heavy atom. The fourth-order valence-electron chi connectivity index (χ4n) is 0.955. The van der Waals surface area contributed by atoms with Crippen molar-refractivity contribution < 1.29 is 9.53 Å². The van der Waals surface area contributed by atoms with E-state index in [0.717, 1.165) is 0 Å². The Morgan fingerprint density at radius 2 is 2.36 bits per heavy atom. The van der Waals surface area contributed by atoms with Crippen LogP contribution in [-0.4, -0.2) is 12.0 Å². The zero-order valence-corrected chi connectivity index (χ0v) is 7.91. The molecule has 0 atom stereocenters. The lowest BCUT2D eigenvalue weighted by molar-refractivity contribution is 0.1000. The van der Waals surface area contributed by atoms with Crippen molar-refractivity contribution >= 4 is 17.5 Å². The van der Waals surface area contributed by atoms with Crippen LogP contribution in [0.5, 0.6) is 5.75 Å². The van der Waals surface area contributed by atoms with Gasteiger partial charge in [0, 0.05) is 5.56 Å². The molecule has 0 radical (unpaired) electrons. The van der Waals surface area contributed by atoms with Gasteiger partial charge in [0.2, 0.25) is 5.91 Å². The van der Waals surface area contributed by atoms with E-state index in [4.69, 9.17) is 27.3 Å². The van der Waals surface area contributed by atoms with Gasteiger partial charge in [0.05, 0.1) is 5.56 Å². The number of amides is 1. The molecule has 1 amide bonds. The third-order valence-electron chi connectivity index (χ3n) is 1.59. The second-order valence-electron chi connectivity index (χ2n) is 2.44. The first-order chi connectivity index (χ1) is 6.69. The van der Waals surface area contributed by atoms with Crippen LogP contribution < -0.4 is 10.5 Å². The number of primary amides is 1. The molecular weight excluding hydrogens is 204 g/mol. The summed E-state index contributed by atoms with van der Waals surface area (Å²) < 4.78 is 4.95. The molecule has 0 aromatic heterocycles. The maximum Gasteiger partial charge on any atom is 0.248 e. The van der Waals surface area contributed by atoms with Gasteiger partial charge in [-0.15, -0.1) is 0 Å². The van der Waals surface area contributed by atoms with E-state index in [1.54, 1.807) is 0 Å². The smallest absolute Gasteiger partial charge is 0.248 e. The Labute approximate surface area is 85.8 Å². The Kier molecular flexibility index (Phi) is 3.32. The molecule has 2 N–H and O–H groups in total. The van der Waals surface area contributed by atoms with Crippen LogP contribution in [0, 0.1) is 11.3 Å². The van der Waals surface area contributed by atoms with E-state index in [0.29, 0.717) is 5.75 Å². The third-order valence-corrected chi connectivity index (χ3v) is 1.70. The number of alkyl halides is 1. The van der Waals surface area contributed by atoms with Crippen molar-refractivity contribution in [3.05, 3.63) is 29.3 Å². The molecule has 0 bridgehead atoms. The highest BCUT2D eigenvalue weighted by Gasteiger charge is 2.07. The van der Waals surface area contributed by atoms with E-state index >= 15 is 0 Å². The van der Waals surface area contributed by atoms with Crippen LogP contribution in [0.3, 0.4) is 0 Å². The summed E-state index contributed by atoms with van der Waals surface area (Å²) in [5, 5.41) is 8.73. The number of carbonyl (C=O) groups is 1. The van der Waals surface area contributed by atoms with Crippen LogP contribution in [0.1, 0.15) is 15.9 Å². The number of hydrogen-bond acceptors (Lipinski definition) is 3. The Bertz CT molecular complexity index is 398. The maximum atomic E-state index is 10.8. The molecule has 1 aromatic carbocycles. The molecule has 0 spiro atoms. The number of ether oxygens (including phenoxy) is 1. The largest absolute Gasteiger partial charge is 0.477 e. The van der Waals surface area contributed by atoms with Crippen molar-refractivity contribution in [1.29, 1.82) is 5.26 Å². The summed E-state index contributed by atoms with van der Waals surface area (Å²) in [6, 6.07) is 6.16. The Morgan fingerprint density at radius 1 is 1.64 bits per heavy atom. The minimum Gasteiger partial charge on any atom is -0.477 e. The molecule has 72 valence electrons. The van der Waals surface area contributed by atoms with Crippen molar-refractivity contribution in [2.45, 2.75) is 0 Å². The van der Waals surface area contributed by atoms with E-state index < -0.39 is 5.91 Å². The summed E-state index contributed by atoms with van der Waals surface area (Å²) >= 11 is 5.34. The predicted octanol–water partition coefficient (Wildman–Crippen LogP) is 1.23. The van der Waals surface area contributed by atoms with Gasteiger partial charge in [-0.25, -0.2) is 0 Å². The van der Waals surface area contributed by atoms with Gasteiger partial charge in [0.1, 0.15) is 11.8 Å². The quantitative estimate of drug-likeness (QED) is 0.763. The number of halogens is 1. The molecule has 0 heterocycles. The summed E-state index contributed by atoms with van der Waals surface area (Å²) in [5.41, 5.74) is 5.55. The molecule has 0 saturated heterocycles. The summed E-state index contributed by atoms with van der Waals surface area (Å²) in [7, 11) is 0. The zero-order chi connectivity index (χ0) is 10.6. The number of nitriles is 1. The molecule has 0 unspecified atom stereocenters. The minimum atomic E-state index is -0.584. The second kappa shape index (κ2) is 4.49. The molecule has 1 rings (SSSR count). The lowest BCUT2D eigenvalue weighted by Crippen LogP contribution is -2.11. The molecule has 1 aromatic rings. The molecular formula is C9H7ClN2O2. The van der Waals surface area contributed by atoms with E-state index in [2.05, 4.69) is 0 Å². The third kappa shape index (κ3) is 2.15. The summed E-state index contributed by atoms with van der Waals surface area (Å²) in [5.74, 6) is -0.244. The molecule has 14 heavy (non-hydrogen) atoms. The average molecular weight is 211 g/mol. The highest BCUT2D eigenvalue weighted by molar-refractivity contribution is 6.17. The first-order valence-electron chi connectivity index (χ1n) is 3.71. The summed E-state index contributed by atoms with van der Waals surface area (Å²) in [6.07, 6.45) is 0. The van der Waals surface area contributed by atoms with Crippen LogP contribution in [0.15, 0.2) is 18.2 Å². The van der Waals surface area contributed by atoms with Gasteiger partial charge in [0.25, 0.3) is 0 Å². The van der Waals surface area contributed by atoms with E-state index in [1.807, 2.05) is 6.07 Å². The molecule has 0 saturated carbocycles. The molecule has 0 aliphatic heterocycles. The molecule has 0 fully saturated rings. The summed E-state index contributed by atoms with van der Waals surface area (Å²) in [6.45, 7) is 0. The number of nitrogens with two attached hydrogens (primary N) is 1. The van der Waals surface area contributed by atoms with Crippen molar-refractivity contribution in [3.63, 3.8) is 0 Å². The van der Waals surface area contributed by atoms with Crippen LogP contribution in [-0.2, 0) is 0 Å². The molecule has 5 heteroatoms. The number of rotatable bonds is 3. The lowest BCUT2D eigenvalue weighted by Gasteiger charge is -2.04. The van der Waals surface area contributed by atoms with Crippen LogP contribution in [0.2, 0.25) is 0 Å². The fraction of sp³-hybridized carbons (Fsp3) is 0.111. The normalized spacial score (nSPS) is 9.14. The Hall–Kier alpha value is -1.73. The zero-order valence-electron chi connectivity index (χ0n) is 7.16. The highest BCUT2D eigenvalue weighted by Crippen LogP contribution is 2.19.